The Kier molecular flexibility index (Phi) is 6.23. The van der Waals surface area contributed by atoms with Crippen LogP contribution in [0.3, 0.4) is 0 Å². The zero-order chi connectivity index (χ0) is 14.5. The van der Waals surface area contributed by atoms with E-state index in [0.29, 0.717) is 25.2 Å². The van der Waals surface area contributed by atoms with Gasteiger partial charge in [-0.15, -0.1) is 0 Å². The minimum absolute atomic E-state index is 0.311. The molecule has 0 amide bonds. The maximum absolute atomic E-state index is 11.7. The number of hydrogen-bond acceptors (Lipinski definition) is 5. The highest BCUT2D eigenvalue weighted by Crippen LogP contribution is 2.21. The first-order chi connectivity index (χ1) is 8.90. The van der Waals surface area contributed by atoms with Gasteiger partial charge in [-0.05, 0) is 40.0 Å². The van der Waals surface area contributed by atoms with Crippen LogP contribution in [-0.2, 0) is 14.3 Å². The third-order valence-electron chi connectivity index (χ3n) is 3.96. The monoisotopic (exact) mass is 272 g/mol. The van der Waals surface area contributed by atoms with Crippen LogP contribution < -0.4 is 5.73 Å². The van der Waals surface area contributed by atoms with Gasteiger partial charge in [0.25, 0.3) is 0 Å². The Bertz CT molecular complexity index is 294. The van der Waals surface area contributed by atoms with Gasteiger partial charge in [-0.2, -0.15) is 0 Å². The zero-order valence-electron chi connectivity index (χ0n) is 12.6. The summed E-state index contributed by atoms with van der Waals surface area (Å²) in [6, 6.07) is 0.469. The number of nitrogens with zero attached hydrogens (tertiary/aromatic N) is 1. The van der Waals surface area contributed by atoms with Crippen LogP contribution in [0.2, 0.25) is 0 Å². The first kappa shape index (κ1) is 16.4. The molecular weight excluding hydrogens is 244 g/mol. The van der Waals surface area contributed by atoms with E-state index >= 15 is 0 Å². The highest BCUT2D eigenvalue weighted by Gasteiger charge is 2.32. The molecule has 3 atom stereocenters. The normalized spacial score (nSPS) is 27.8. The molecule has 1 heterocycles. The summed E-state index contributed by atoms with van der Waals surface area (Å²) in [4.78, 5) is 14.1. The molecule has 2 N–H and O–H groups in total. The van der Waals surface area contributed by atoms with Crippen molar-refractivity contribution in [3.63, 3.8) is 0 Å². The van der Waals surface area contributed by atoms with Gasteiger partial charge in [-0.3, -0.25) is 4.79 Å². The van der Waals surface area contributed by atoms with E-state index in [9.17, 15) is 4.79 Å². The summed E-state index contributed by atoms with van der Waals surface area (Å²) in [7, 11) is 1.77. The Morgan fingerprint density at radius 2 is 2.21 bits per heavy atom. The van der Waals surface area contributed by atoms with Crippen LogP contribution in [0.1, 0.15) is 40.0 Å². The van der Waals surface area contributed by atoms with Crippen LogP contribution in [0, 0.1) is 0 Å². The third-order valence-corrected chi connectivity index (χ3v) is 3.96. The molecule has 0 aromatic carbocycles. The van der Waals surface area contributed by atoms with Crippen molar-refractivity contribution >= 4 is 5.97 Å². The lowest BCUT2D eigenvalue weighted by molar-refractivity contribution is -0.149. The quantitative estimate of drug-likeness (QED) is 0.735. The number of methoxy groups -OCH3 is 1. The van der Waals surface area contributed by atoms with Crippen LogP contribution in [0.5, 0.6) is 0 Å². The fourth-order valence-electron chi connectivity index (χ4n) is 2.50. The van der Waals surface area contributed by atoms with Gasteiger partial charge < -0.3 is 20.1 Å². The molecule has 0 radical (unpaired) electrons. The summed E-state index contributed by atoms with van der Waals surface area (Å²) in [5, 5.41) is 0. The maximum Gasteiger partial charge on any atom is 0.325 e. The van der Waals surface area contributed by atoms with Crippen LogP contribution >= 0.6 is 0 Å². The van der Waals surface area contributed by atoms with Crippen LogP contribution in [-0.4, -0.2) is 55.4 Å². The molecule has 1 aliphatic heterocycles. The second-order valence-electron chi connectivity index (χ2n) is 5.66. The molecule has 1 saturated heterocycles. The number of carbonyl (C=O) groups excluding carboxylic acids is 1. The fourth-order valence-corrected chi connectivity index (χ4v) is 2.50. The molecule has 0 spiro atoms. The summed E-state index contributed by atoms with van der Waals surface area (Å²) in [5.41, 5.74) is 5.14. The van der Waals surface area contributed by atoms with Crippen molar-refractivity contribution < 1.29 is 14.3 Å². The Balaban J connectivity index is 2.42. The van der Waals surface area contributed by atoms with E-state index in [2.05, 4.69) is 11.8 Å². The van der Waals surface area contributed by atoms with E-state index in [4.69, 9.17) is 15.2 Å². The standard InChI is InChI=1S/C14H28N2O3/c1-5-19-13(17)14(3,15)7-9-16-8-6-12(18-4)10-11(16)2/h11-12H,5-10,15H2,1-4H3. The van der Waals surface area contributed by atoms with Crippen molar-refractivity contribution in [1.29, 1.82) is 0 Å². The highest BCUT2D eigenvalue weighted by molar-refractivity contribution is 5.79. The Hall–Kier alpha value is -0.650. The first-order valence-corrected chi connectivity index (χ1v) is 7.13. The number of likely N-dealkylation sites (tertiary alicyclic amines) is 1. The second-order valence-corrected chi connectivity index (χ2v) is 5.66. The minimum atomic E-state index is -0.895. The molecule has 0 saturated carbocycles. The van der Waals surface area contributed by atoms with Gasteiger partial charge in [-0.25, -0.2) is 0 Å². The summed E-state index contributed by atoms with van der Waals surface area (Å²) >= 11 is 0. The average Bonchev–Trinajstić information content (AvgIpc) is 2.37. The minimum Gasteiger partial charge on any atom is -0.465 e. The van der Waals surface area contributed by atoms with Gasteiger partial charge in [0.15, 0.2) is 0 Å². The third kappa shape index (κ3) is 4.75. The fraction of sp³-hybridized carbons (Fsp3) is 0.929. The van der Waals surface area contributed by atoms with E-state index in [0.717, 1.165) is 25.9 Å². The van der Waals surface area contributed by atoms with Gasteiger partial charge in [0.1, 0.15) is 5.54 Å². The molecule has 112 valence electrons. The molecule has 19 heavy (non-hydrogen) atoms. The van der Waals surface area contributed by atoms with Gasteiger partial charge in [-0.1, -0.05) is 0 Å². The molecule has 0 aliphatic carbocycles. The summed E-state index contributed by atoms with van der Waals surface area (Å²) in [6.07, 6.45) is 3.06. The van der Waals surface area contributed by atoms with Crippen LogP contribution in [0.4, 0.5) is 0 Å². The SMILES string of the molecule is CCOC(=O)C(C)(N)CCN1CCC(OC)CC1C. The van der Waals surface area contributed by atoms with Gasteiger partial charge >= 0.3 is 5.97 Å². The molecule has 0 aromatic heterocycles. The predicted octanol–water partition coefficient (Wildman–Crippen LogP) is 1.16. The van der Waals surface area contributed by atoms with Gasteiger partial charge in [0.05, 0.1) is 12.7 Å². The van der Waals surface area contributed by atoms with E-state index in [-0.39, 0.29) is 5.97 Å². The molecule has 5 nitrogen and oxygen atoms in total. The van der Waals surface area contributed by atoms with Crippen molar-refractivity contribution in [2.45, 2.75) is 57.7 Å². The van der Waals surface area contributed by atoms with E-state index in [1.807, 2.05) is 0 Å². The van der Waals surface area contributed by atoms with Crippen LogP contribution in [0.15, 0.2) is 0 Å². The largest absolute Gasteiger partial charge is 0.465 e. The predicted molar refractivity (Wildman–Crippen MR) is 74.9 cm³/mol. The first-order valence-electron chi connectivity index (χ1n) is 7.13. The van der Waals surface area contributed by atoms with Crippen molar-refractivity contribution in [3.05, 3.63) is 0 Å². The van der Waals surface area contributed by atoms with Gasteiger partial charge in [0, 0.05) is 26.2 Å². The number of hydrogen-bond donors (Lipinski definition) is 1. The Morgan fingerprint density at radius 3 is 2.74 bits per heavy atom. The molecule has 1 aliphatic rings. The summed E-state index contributed by atoms with van der Waals surface area (Å²) in [6.45, 7) is 7.94. The average molecular weight is 272 g/mol. The number of rotatable bonds is 6. The summed E-state index contributed by atoms with van der Waals surface area (Å²) in [5.74, 6) is -0.311. The molecule has 0 aromatic rings. The maximum atomic E-state index is 11.7. The van der Waals surface area contributed by atoms with Crippen LogP contribution in [0.25, 0.3) is 0 Å². The Labute approximate surface area is 116 Å². The molecular formula is C14H28N2O3. The molecule has 5 heteroatoms. The van der Waals surface area contributed by atoms with E-state index in [1.165, 1.54) is 0 Å². The summed E-state index contributed by atoms with van der Waals surface area (Å²) < 4.78 is 10.4. The lowest BCUT2D eigenvalue weighted by Gasteiger charge is -2.38. The van der Waals surface area contributed by atoms with Gasteiger partial charge in [0.2, 0.25) is 0 Å². The molecule has 0 bridgehead atoms. The van der Waals surface area contributed by atoms with E-state index in [1.54, 1.807) is 21.0 Å². The zero-order valence-corrected chi connectivity index (χ0v) is 12.6. The molecule has 1 fully saturated rings. The number of nitrogens with two attached hydrogens (primary N) is 1. The van der Waals surface area contributed by atoms with Crippen molar-refractivity contribution in [2.24, 2.45) is 5.73 Å². The highest BCUT2D eigenvalue weighted by atomic mass is 16.5. The number of piperidine rings is 1. The lowest BCUT2D eigenvalue weighted by Crippen LogP contribution is -2.51. The number of esters is 1. The smallest absolute Gasteiger partial charge is 0.325 e. The lowest BCUT2D eigenvalue weighted by atomic mass is 9.96. The van der Waals surface area contributed by atoms with Crippen molar-refractivity contribution in [2.75, 3.05) is 26.8 Å². The number of carbonyl (C=O) groups is 1. The topological polar surface area (TPSA) is 64.8 Å². The molecule has 3 unspecified atom stereocenters. The Morgan fingerprint density at radius 1 is 1.53 bits per heavy atom. The molecule has 1 rings (SSSR count). The van der Waals surface area contributed by atoms with Crippen molar-refractivity contribution in [1.82, 2.24) is 4.90 Å². The van der Waals surface area contributed by atoms with Crippen molar-refractivity contribution in [3.8, 4) is 0 Å². The second kappa shape index (κ2) is 7.22. The van der Waals surface area contributed by atoms with E-state index < -0.39 is 5.54 Å². The number of ether oxygens (including phenoxy) is 2.